The Bertz CT molecular complexity index is 206. The van der Waals surface area contributed by atoms with Gasteiger partial charge in [-0.05, 0) is 25.9 Å². The molecule has 0 N–H and O–H groups in total. The van der Waals surface area contributed by atoms with Crippen molar-refractivity contribution in [3.63, 3.8) is 0 Å². The summed E-state index contributed by atoms with van der Waals surface area (Å²) in [5.41, 5.74) is 0. The van der Waals surface area contributed by atoms with E-state index < -0.39 is 0 Å². The van der Waals surface area contributed by atoms with E-state index in [1.54, 1.807) is 0 Å². The summed E-state index contributed by atoms with van der Waals surface area (Å²) in [4.78, 5) is 13.7. The Morgan fingerprint density at radius 3 is 2.75 bits per heavy atom. The molecule has 1 rings (SSSR count). The topological polar surface area (TPSA) is 29.5 Å². The van der Waals surface area contributed by atoms with E-state index in [1.165, 1.54) is 39.2 Å². The van der Waals surface area contributed by atoms with Gasteiger partial charge >= 0.3 is 5.97 Å². The molecule has 0 bridgehead atoms. The van der Waals surface area contributed by atoms with Crippen LogP contribution in [0.25, 0.3) is 0 Å². The lowest BCUT2D eigenvalue weighted by Crippen LogP contribution is -2.24. The molecule has 3 nitrogen and oxygen atoms in total. The summed E-state index contributed by atoms with van der Waals surface area (Å²) in [6.45, 7) is 5.35. The number of rotatable bonds is 7. The Morgan fingerprint density at radius 1 is 1.31 bits per heavy atom. The van der Waals surface area contributed by atoms with Gasteiger partial charge in [-0.15, -0.1) is 0 Å². The van der Waals surface area contributed by atoms with Crippen molar-refractivity contribution in [3.8, 4) is 0 Å². The minimum absolute atomic E-state index is 0.0338. The lowest BCUT2D eigenvalue weighted by molar-refractivity contribution is -0.144. The van der Waals surface area contributed by atoms with E-state index in [9.17, 15) is 4.79 Å². The zero-order valence-electron chi connectivity index (χ0n) is 10.7. The van der Waals surface area contributed by atoms with Crippen molar-refractivity contribution in [3.05, 3.63) is 0 Å². The average Bonchev–Trinajstić information content (AvgIpc) is 2.76. The Labute approximate surface area is 99.1 Å². The summed E-state index contributed by atoms with van der Waals surface area (Å²) in [6, 6.07) is 0. The maximum Gasteiger partial charge on any atom is 0.310 e. The molecule has 1 aliphatic heterocycles. The second kappa shape index (κ2) is 7.66. The molecule has 94 valence electrons. The van der Waals surface area contributed by atoms with Crippen molar-refractivity contribution in [2.75, 3.05) is 26.7 Å². The summed E-state index contributed by atoms with van der Waals surface area (Å²) in [7, 11) is 1.48. The van der Waals surface area contributed by atoms with E-state index in [2.05, 4.69) is 11.8 Å². The van der Waals surface area contributed by atoms with Crippen LogP contribution in [0.4, 0.5) is 0 Å². The van der Waals surface area contributed by atoms with E-state index in [4.69, 9.17) is 4.74 Å². The van der Waals surface area contributed by atoms with Gasteiger partial charge in [0.2, 0.25) is 0 Å². The van der Waals surface area contributed by atoms with Gasteiger partial charge in [-0.1, -0.05) is 32.6 Å². The monoisotopic (exact) mass is 227 g/mol. The minimum Gasteiger partial charge on any atom is -0.469 e. The van der Waals surface area contributed by atoms with E-state index >= 15 is 0 Å². The maximum atomic E-state index is 11.3. The van der Waals surface area contributed by atoms with Crippen LogP contribution in [0, 0.1) is 5.92 Å². The first kappa shape index (κ1) is 13.5. The third-order valence-electron chi connectivity index (χ3n) is 3.38. The summed E-state index contributed by atoms with van der Waals surface area (Å²) in [6.07, 6.45) is 7.58. The maximum absolute atomic E-state index is 11.3. The predicted molar refractivity (Wildman–Crippen MR) is 65.3 cm³/mol. The van der Waals surface area contributed by atoms with E-state index in [0.717, 1.165) is 26.1 Å². The smallest absolute Gasteiger partial charge is 0.310 e. The van der Waals surface area contributed by atoms with Crippen LogP contribution in [-0.4, -0.2) is 37.6 Å². The van der Waals surface area contributed by atoms with Crippen LogP contribution in [-0.2, 0) is 9.53 Å². The van der Waals surface area contributed by atoms with Crippen molar-refractivity contribution < 1.29 is 9.53 Å². The first-order valence-electron chi connectivity index (χ1n) is 6.58. The highest BCUT2D eigenvalue weighted by Gasteiger charge is 2.28. The Kier molecular flexibility index (Phi) is 6.46. The van der Waals surface area contributed by atoms with Gasteiger partial charge in [0.1, 0.15) is 0 Å². The second-order valence-electron chi connectivity index (χ2n) is 4.72. The molecule has 0 radical (unpaired) electrons. The van der Waals surface area contributed by atoms with Gasteiger partial charge in [0.05, 0.1) is 13.0 Å². The largest absolute Gasteiger partial charge is 0.469 e. The third-order valence-corrected chi connectivity index (χ3v) is 3.38. The van der Waals surface area contributed by atoms with Crippen molar-refractivity contribution in [2.45, 2.75) is 45.4 Å². The Balaban J connectivity index is 2.05. The summed E-state index contributed by atoms with van der Waals surface area (Å²) in [5, 5.41) is 0. The number of unbranched alkanes of at least 4 members (excludes halogenated alkanes) is 4. The first-order chi connectivity index (χ1) is 7.77. The SMILES string of the molecule is CCCCCCCN1CCC(C(=O)OC)C1. The fourth-order valence-corrected chi connectivity index (χ4v) is 2.33. The number of hydrogen-bond acceptors (Lipinski definition) is 3. The molecule has 1 fully saturated rings. The Morgan fingerprint density at radius 2 is 2.06 bits per heavy atom. The molecule has 0 aromatic heterocycles. The molecular formula is C13H25NO2. The number of likely N-dealkylation sites (tertiary alicyclic amines) is 1. The van der Waals surface area contributed by atoms with Gasteiger partial charge in [0, 0.05) is 6.54 Å². The number of hydrogen-bond donors (Lipinski definition) is 0. The number of esters is 1. The average molecular weight is 227 g/mol. The van der Waals surface area contributed by atoms with E-state index in [1.807, 2.05) is 0 Å². The molecular weight excluding hydrogens is 202 g/mol. The molecule has 0 aromatic carbocycles. The van der Waals surface area contributed by atoms with E-state index in [-0.39, 0.29) is 11.9 Å². The second-order valence-corrected chi connectivity index (χ2v) is 4.72. The summed E-state index contributed by atoms with van der Waals surface area (Å²) >= 11 is 0. The van der Waals surface area contributed by atoms with Crippen LogP contribution >= 0.6 is 0 Å². The van der Waals surface area contributed by atoms with Crippen LogP contribution in [0.2, 0.25) is 0 Å². The minimum atomic E-state index is -0.0338. The van der Waals surface area contributed by atoms with Crippen molar-refractivity contribution in [1.29, 1.82) is 0 Å². The van der Waals surface area contributed by atoms with Crippen molar-refractivity contribution in [1.82, 2.24) is 4.90 Å². The number of methoxy groups -OCH3 is 1. The summed E-state index contributed by atoms with van der Waals surface area (Å²) < 4.78 is 4.77. The molecule has 3 heteroatoms. The van der Waals surface area contributed by atoms with Crippen molar-refractivity contribution >= 4 is 5.97 Å². The van der Waals surface area contributed by atoms with Gasteiger partial charge in [-0.2, -0.15) is 0 Å². The molecule has 1 saturated heterocycles. The third kappa shape index (κ3) is 4.52. The molecule has 1 atom stereocenters. The van der Waals surface area contributed by atoms with Gasteiger partial charge < -0.3 is 9.64 Å². The quantitative estimate of drug-likeness (QED) is 0.494. The molecule has 16 heavy (non-hydrogen) atoms. The number of carbonyl (C=O) groups is 1. The first-order valence-corrected chi connectivity index (χ1v) is 6.58. The lowest BCUT2D eigenvalue weighted by atomic mass is 10.1. The van der Waals surface area contributed by atoms with E-state index in [0.29, 0.717) is 0 Å². The van der Waals surface area contributed by atoms with Gasteiger partial charge in [-0.25, -0.2) is 0 Å². The number of carbonyl (C=O) groups excluding carboxylic acids is 1. The van der Waals surface area contributed by atoms with Crippen LogP contribution in [0.1, 0.15) is 45.4 Å². The van der Waals surface area contributed by atoms with Gasteiger partial charge in [-0.3, -0.25) is 4.79 Å². The van der Waals surface area contributed by atoms with Crippen LogP contribution < -0.4 is 0 Å². The fourth-order valence-electron chi connectivity index (χ4n) is 2.33. The Hall–Kier alpha value is -0.570. The van der Waals surface area contributed by atoms with Crippen molar-refractivity contribution in [2.24, 2.45) is 5.92 Å². The van der Waals surface area contributed by atoms with Gasteiger partial charge in [0.15, 0.2) is 0 Å². The zero-order valence-corrected chi connectivity index (χ0v) is 10.7. The summed E-state index contributed by atoms with van der Waals surface area (Å²) in [5.74, 6) is 0.0918. The molecule has 0 spiro atoms. The molecule has 1 heterocycles. The predicted octanol–water partition coefficient (Wildman–Crippen LogP) is 2.45. The molecule has 0 aromatic rings. The zero-order chi connectivity index (χ0) is 11.8. The van der Waals surface area contributed by atoms with Crippen LogP contribution in [0.15, 0.2) is 0 Å². The molecule has 0 aliphatic carbocycles. The highest BCUT2D eigenvalue weighted by Crippen LogP contribution is 2.18. The fraction of sp³-hybridized carbons (Fsp3) is 0.923. The number of nitrogens with zero attached hydrogens (tertiary/aromatic N) is 1. The highest BCUT2D eigenvalue weighted by molar-refractivity contribution is 5.72. The van der Waals surface area contributed by atoms with Crippen LogP contribution in [0.5, 0.6) is 0 Å². The number of ether oxygens (including phenoxy) is 1. The molecule has 1 aliphatic rings. The molecule has 1 unspecified atom stereocenters. The molecule has 0 amide bonds. The standard InChI is InChI=1S/C13H25NO2/c1-3-4-5-6-7-9-14-10-8-12(11-14)13(15)16-2/h12H,3-11H2,1-2H3. The molecule has 0 saturated carbocycles. The normalized spacial score (nSPS) is 21.2. The van der Waals surface area contributed by atoms with Gasteiger partial charge in [0.25, 0.3) is 0 Å². The van der Waals surface area contributed by atoms with Crippen LogP contribution in [0.3, 0.4) is 0 Å². The highest BCUT2D eigenvalue weighted by atomic mass is 16.5. The lowest BCUT2D eigenvalue weighted by Gasteiger charge is -2.14.